The predicted molar refractivity (Wildman–Crippen MR) is 79.8 cm³/mol. The molecular formula is C16H14N2O3. The number of hydrogen-bond acceptors (Lipinski definition) is 2. The van der Waals surface area contributed by atoms with Gasteiger partial charge < -0.3 is 15.4 Å². The number of aromatic amines is 1. The van der Waals surface area contributed by atoms with E-state index < -0.39 is 12.0 Å². The standard InChI is InChI=1S/C16H14N2O3/c19-9-17-15(16(20)21)12-7-4-6-11-10-5-2-1-3-8-13(10)18-14(11)12/h1-4,6-9,15,18H,5H2,(H,17,19)(H,20,21). The third-order valence-electron chi connectivity index (χ3n) is 3.63. The Hall–Kier alpha value is -2.82. The van der Waals surface area contributed by atoms with Crippen molar-refractivity contribution in [3.63, 3.8) is 0 Å². The van der Waals surface area contributed by atoms with Crippen LogP contribution in [0.25, 0.3) is 17.0 Å². The van der Waals surface area contributed by atoms with Crippen molar-refractivity contribution in [3.8, 4) is 0 Å². The number of carbonyl (C=O) groups excluding carboxylic acids is 1. The molecule has 0 fully saturated rings. The fourth-order valence-corrected chi connectivity index (χ4v) is 2.70. The molecule has 1 atom stereocenters. The number of amides is 1. The molecule has 3 N–H and O–H groups in total. The highest BCUT2D eigenvalue weighted by atomic mass is 16.4. The van der Waals surface area contributed by atoms with Gasteiger partial charge in [0.2, 0.25) is 6.41 Å². The molecule has 106 valence electrons. The lowest BCUT2D eigenvalue weighted by Crippen LogP contribution is -2.27. The summed E-state index contributed by atoms with van der Waals surface area (Å²) in [7, 11) is 0. The first-order valence-electron chi connectivity index (χ1n) is 6.61. The molecule has 5 heteroatoms. The Bertz CT molecular complexity index is 771. The maximum atomic E-state index is 11.4. The minimum absolute atomic E-state index is 0.411. The van der Waals surface area contributed by atoms with Gasteiger partial charge in [0.15, 0.2) is 6.04 Å². The Balaban J connectivity index is 2.21. The minimum Gasteiger partial charge on any atom is -0.479 e. The Kier molecular flexibility index (Phi) is 3.31. The van der Waals surface area contributed by atoms with Crippen LogP contribution in [0.1, 0.15) is 22.9 Å². The molecule has 21 heavy (non-hydrogen) atoms. The fourth-order valence-electron chi connectivity index (χ4n) is 2.70. The first kappa shape index (κ1) is 13.2. The predicted octanol–water partition coefficient (Wildman–Crippen LogP) is 2.17. The van der Waals surface area contributed by atoms with E-state index in [1.165, 1.54) is 0 Å². The summed E-state index contributed by atoms with van der Waals surface area (Å²) in [6, 6.07) is 4.42. The number of carboxylic acids is 1. The van der Waals surface area contributed by atoms with Crippen molar-refractivity contribution >= 4 is 29.4 Å². The van der Waals surface area contributed by atoms with Crippen molar-refractivity contribution in [3.05, 3.63) is 53.2 Å². The fraction of sp³-hybridized carbons (Fsp3) is 0.125. The van der Waals surface area contributed by atoms with Crippen LogP contribution in [-0.2, 0) is 16.0 Å². The van der Waals surface area contributed by atoms with Crippen LogP contribution in [0.3, 0.4) is 0 Å². The van der Waals surface area contributed by atoms with Gasteiger partial charge >= 0.3 is 5.97 Å². The van der Waals surface area contributed by atoms with E-state index in [-0.39, 0.29) is 0 Å². The average molecular weight is 282 g/mol. The van der Waals surface area contributed by atoms with Crippen molar-refractivity contribution in [1.29, 1.82) is 0 Å². The van der Waals surface area contributed by atoms with Gasteiger partial charge in [0.05, 0.1) is 5.52 Å². The van der Waals surface area contributed by atoms with E-state index in [0.717, 1.165) is 28.6 Å². The molecule has 0 bridgehead atoms. The molecule has 1 unspecified atom stereocenters. The maximum absolute atomic E-state index is 11.4. The molecule has 1 aromatic heterocycles. The SMILES string of the molecule is O=CNC(C(=O)O)c1cccc2c3c([nH]c12)C=CC=CC3. The largest absolute Gasteiger partial charge is 0.479 e. The van der Waals surface area contributed by atoms with Gasteiger partial charge in [-0.1, -0.05) is 36.4 Å². The third-order valence-corrected chi connectivity index (χ3v) is 3.63. The van der Waals surface area contributed by atoms with Gasteiger partial charge in [-0.3, -0.25) is 4.79 Å². The second-order valence-electron chi connectivity index (χ2n) is 4.83. The van der Waals surface area contributed by atoms with Crippen LogP contribution in [-0.4, -0.2) is 22.5 Å². The van der Waals surface area contributed by atoms with Crippen molar-refractivity contribution in [1.82, 2.24) is 10.3 Å². The zero-order valence-corrected chi connectivity index (χ0v) is 11.2. The number of H-pyrrole nitrogens is 1. The molecule has 0 radical (unpaired) electrons. The van der Waals surface area contributed by atoms with E-state index in [0.29, 0.717) is 12.0 Å². The molecule has 3 rings (SSSR count). The zero-order valence-electron chi connectivity index (χ0n) is 11.2. The number of fused-ring (bicyclic) bond motifs is 3. The second-order valence-corrected chi connectivity index (χ2v) is 4.83. The van der Waals surface area contributed by atoms with Crippen LogP contribution in [0.5, 0.6) is 0 Å². The van der Waals surface area contributed by atoms with E-state index in [2.05, 4.69) is 16.4 Å². The molecule has 1 aliphatic rings. The number of nitrogens with one attached hydrogen (secondary N) is 2. The summed E-state index contributed by atoms with van der Waals surface area (Å²) in [6.45, 7) is 0. The normalized spacial score (nSPS) is 14.5. The summed E-state index contributed by atoms with van der Waals surface area (Å²) in [5, 5.41) is 12.6. The highest BCUT2D eigenvalue weighted by molar-refractivity contribution is 5.93. The topological polar surface area (TPSA) is 82.2 Å². The molecule has 1 aliphatic carbocycles. The van der Waals surface area contributed by atoms with Gasteiger partial charge in [-0.15, -0.1) is 0 Å². The lowest BCUT2D eigenvalue weighted by molar-refractivity contribution is -0.140. The molecule has 5 nitrogen and oxygen atoms in total. The summed E-state index contributed by atoms with van der Waals surface area (Å²) in [5.74, 6) is -1.09. The van der Waals surface area contributed by atoms with Crippen molar-refractivity contribution in [2.45, 2.75) is 12.5 Å². The molecule has 1 aromatic carbocycles. The summed E-state index contributed by atoms with van der Waals surface area (Å²) in [6.07, 6.45) is 9.14. The van der Waals surface area contributed by atoms with E-state index >= 15 is 0 Å². The Morgan fingerprint density at radius 1 is 1.38 bits per heavy atom. The van der Waals surface area contributed by atoms with E-state index in [1.54, 1.807) is 6.07 Å². The Morgan fingerprint density at radius 3 is 3.00 bits per heavy atom. The molecule has 0 spiro atoms. The zero-order chi connectivity index (χ0) is 14.8. The number of aromatic nitrogens is 1. The summed E-state index contributed by atoms with van der Waals surface area (Å²) in [5.41, 5.74) is 3.41. The summed E-state index contributed by atoms with van der Waals surface area (Å²) >= 11 is 0. The van der Waals surface area contributed by atoms with Gasteiger partial charge in [-0.25, -0.2) is 4.79 Å². The van der Waals surface area contributed by atoms with Crippen LogP contribution in [0.15, 0.2) is 36.4 Å². The second kappa shape index (κ2) is 5.28. The number of carbonyl (C=O) groups is 2. The lowest BCUT2D eigenvalue weighted by Gasteiger charge is -2.12. The number of rotatable bonds is 4. The smallest absolute Gasteiger partial charge is 0.330 e. The van der Waals surface area contributed by atoms with Gasteiger partial charge in [0, 0.05) is 16.6 Å². The highest BCUT2D eigenvalue weighted by Crippen LogP contribution is 2.30. The van der Waals surface area contributed by atoms with Gasteiger partial charge in [-0.05, 0) is 18.1 Å². The van der Waals surface area contributed by atoms with E-state index in [4.69, 9.17) is 0 Å². The van der Waals surface area contributed by atoms with Crippen molar-refractivity contribution in [2.75, 3.05) is 0 Å². The molecule has 0 aliphatic heterocycles. The molecule has 0 saturated carbocycles. The lowest BCUT2D eigenvalue weighted by atomic mass is 10.0. The molecular weight excluding hydrogens is 268 g/mol. The van der Waals surface area contributed by atoms with Crippen LogP contribution < -0.4 is 5.32 Å². The average Bonchev–Trinajstić information content (AvgIpc) is 2.67. The first-order chi connectivity index (χ1) is 10.2. The van der Waals surface area contributed by atoms with Crippen LogP contribution in [0.4, 0.5) is 0 Å². The van der Waals surface area contributed by atoms with Crippen LogP contribution >= 0.6 is 0 Å². The number of aliphatic carboxylic acids is 1. The number of para-hydroxylation sites is 1. The highest BCUT2D eigenvalue weighted by Gasteiger charge is 2.23. The summed E-state index contributed by atoms with van der Waals surface area (Å²) < 4.78 is 0. The quantitative estimate of drug-likeness (QED) is 0.752. The molecule has 0 saturated heterocycles. The number of allylic oxidation sites excluding steroid dienone is 3. The van der Waals surface area contributed by atoms with E-state index in [1.807, 2.05) is 30.4 Å². The summed E-state index contributed by atoms with van der Waals surface area (Å²) in [4.78, 5) is 25.3. The first-order valence-corrected chi connectivity index (χ1v) is 6.61. The van der Waals surface area contributed by atoms with Gasteiger partial charge in [0.25, 0.3) is 0 Å². The maximum Gasteiger partial charge on any atom is 0.330 e. The van der Waals surface area contributed by atoms with Crippen LogP contribution in [0.2, 0.25) is 0 Å². The van der Waals surface area contributed by atoms with Gasteiger partial charge in [0.1, 0.15) is 0 Å². The third kappa shape index (κ3) is 2.23. The monoisotopic (exact) mass is 282 g/mol. The molecule has 1 heterocycles. The number of benzene rings is 1. The minimum atomic E-state index is -1.09. The Morgan fingerprint density at radius 2 is 2.24 bits per heavy atom. The molecule has 2 aromatic rings. The van der Waals surface area contributed by atoms with Crippen molar-refractivity contribution in [2.24, 2.45) is 0 Å². The van der Waals surface area contributed by atoms with Crippen molar-refractivity contribution < 1.29 is 14.7 Å². The Labute approximate surface area is 121 Å². The van der Waals surface area contributed by atoms with Crippen LogP contribution in [0, 0.1) is 0 Å². The number of hydrogen-bond donors (Lipinski definition) is 3. The van der Waals surface area contributed by atoms with Gasteiger partial charge in [-0.2, -0.15) is 0 Å². The van der Waals surface area contributed by atoms with E-state index in [9.17, 15) is 14.7 Å². The number of carboxylic acid groups (broad SMARTS) is 1. The molecule has 1 amide bonds.